The number of benzene rings is 1. The van der Waals surface area contributed by atoms with E-state index in [0.29, 0.717) is 11.5 Å². The molecule has 3 heteroatoms. The summed E-state index contributed by atoms with van der Waals surface area (Å²) >= 11 is 0. The van der Waals surface area contributed by atoms with Crippen LogP contribution in [0.4, 0.5) is 0 Å². The van der Waals surface area contributed by atoms with Crippen molar-refractivity contribution in [3.05, 3.63) is 36.5 Å². The molecule has 2 aromatic rings. The highest BCUT2D eigenvalue weighted by molar-refractivity contribution is 5.90. The van der Waals surface area contributed by atoms with Gasteiger partial charge in [-0.1, -0.05) is 12.7 Å². The third-order valence-corrected chi connectivity index (χ3v) is 2.50. The van der Waals surface area contributed by atoms with Crippen LogP contribution in [0.15, 0.2) is 31.0 Å². The van der Waals surface area contributed by atoms with Crippen LogP contribution in [0.5, 0.6) is 11.5 Å². The van der Waals surface area contributed by atoms with Gasteiger partial charge < -0.3 is 9.47 Å². The van der Waals surface area contributed by atoms with Gasteiger partial charge in [-0.2, -0.15) is 0 Å². The summed E-state index contributed by atoms with van der Waals surface area (Å²) in [5.41, 5.74) is 1.90. The average Bonchev–Trinajstić information content (AvgIpc) is 2.36. The summed E-state index contributed by atoms with van der Waals surface area (Å²) < 4.78 is 10.5. The largest absolute Gasteiger partial charge is 0.493 e. The fourth-order valence-electron chi connectivity index (χ4n) is 1.67. The first-order chi connectivity index (χ1) is 7.80. The molecule has 0 spiro atoms. The van der Waals surface area contributed by atoms with Crippen molar-refractivity contribution in [3.8, 4) is 11.5 Å². The van der Waals surface area contributed by atoms with Crippen LogP contribution in [0.3, 0.4) is 0 Å². The maximum absolute atomic E-state index is 5.26. The molecular weight excluding hydrogens is 202 g/mol. The van der Waals surface area contributed by atoms with Gasteiger partial charge in [-0.15, -0.1) is 0 Å². The number of ether oxygens (including phenoxy) is 2. The molecule has 0 aliphatic carbocycles. The molecule has 1 aromatic carbocycles. The lowest BCUT2D eigenvalue weighted by atomic mass is 10.1. The van der Waals surface area contributed by atoms with E-state index in [-0.39, 0.29) is 0 Å². The molecule has 1 aromatic heterocycles. The van der Waals surface area contributed by atoms with Crippen LogP contribution in [0, 0.1) is 0 Å². The number of nitrogens with zero attached hydrogens (tertiary/aromatic N) is 1. The van der Waals surface area contributed by atoms with E-state index in [1.165, 1.54) is 0 Å². The monoisotopic (exact) mass is 215 g/mol. The maximum atomic E-state index is 5.26. The third kappa shape index (κ3) is 1.60. The number of aromatic nitrogens is 1. The van der Waals surface area contributed by atoms with Crippen molar-refractivity contribution in [3.63, 3.8) is 0 Å². The van der Waals surface area contributed by atoms with Gasteiger partial charge in [0.25, 0.3) is 0 Å². The summed E-state index contributed by atoms with van der Waals surface area (Å²) in [5, 5.41) is 1.01. The van der Waals surface area contributed by atoms with E-state index in [2.05, 4.69) is 11.6 Å². The number of methoxy groups -OCH3 is 2. The minimum Gasteiger partial charge on any atom is -0.493 e. The quantitative estimate of drug-likeness (QED) is 0.788. The molecule has 0 unspecified atom stereocenters. The van der Waals surface area contributed by atoms with E-state index < -0.39 is 0 Å². The van der Waals surface area contributed by atoms with Gasteiger partial charge in [0, 0.05) is 17.6 Å². The minimum atomic E-state index is 0.684. The maximum Gasteiger partial charge on any atom is 0.162 e. The fraction of sp³-hybridized carbons (Fsp3) is 0.154. The Hall–Kier alpha value is -2.03. The Labute approximate surface area is 94.3 Å². The number of fused-ring (bicyclic) bond motifs is 1. The van der Waals surface area contributed by atoms with Crippen LogP contribution in [-0.2, 0) is 0 Å². The Kier molecular flexibility index (Phi) is 2.77. The first-order valence-corrected chi connectivity index (χ1v) is 4.93. The van der Waals surface area contributed by atoms with E-state index in [9.17, 15) is 0 Å². The zero-order valence-corrected chi connectivity index (χ0v) is 9.36. The van der Waals surface area contributed by atoms with Crippen LogP contribution in [0.1, 0.15) is 5.56 Å². The highest BCUT2D eigenvalue weighted by Crippen LogP contribution is 2.32. The molecular formula is C13H13NO2. The highest BCUT2D eigenvalue weighted by Gasteiger charge is 2.08. The number of hydrogen-bond donors (Lipinski definition) is 0. The molecule has 0 fully saturated rings. The molecule has 0 aliphatic rings. The molecule has 0 N–H and O–H groups in total. The third-order valence-electron chi connectivity index (χ3n) is 2.50. The molecule has 0 radical (unpaired) electrons. The number of pyridine rings is 1. The molecule has 0 aliphatic heterocycles. The Morgan fingerprint density at radius 3 is 2.50 bits per heavy atom. The van der Waals surface area contributed by atoms with Crippen LogP contribution in [0.2, 0.25) is 0 Å². The summed E-state index contributed by atoms with van der Waals surface area (Å²) in [6, 6.07) is 5.70. The van der Waals surface area contributed by atoms with E-state index in [4.69, 9.17) is 9.47 Å². The van der Waals surface area contributed by atoms with Crippen molar-refractivity contribution in [2.45, 2.75) is 0 Å². The summed E-state index contributed by atoms with van der Waals surface area (Å²) in [5.74, 6) is 1.38. The predicted molar refractivity (Wildman–Crippen MR) is 64.9 cm³/mol. The Balaban J connectivity index is 2.77. The second-order valence-electron chi connectivity index (χ2n) is 3.33. The molecule has 0 atom stereocenters. The fourth-order valence-corrected chi connectivity index (χ4v) is 1.67. The molecule has 3 nitrogen and oxygen atoms in total. The van der Waals surface area contributed by atoms with Gasteiger partial charge in [-0.05, 0) is 17.7 Å². The second kappa shape index (κ2) is 4.23. The molecule has 0 bridgehead atoms. The molecule has 1 heterocycles. The zero-order chi connectivity index (χ0) is 11.5. The number of hydrogen-bond acceptors (Lipinski definition) is 3. The van der Waals surface area contributed by atoms with E-state index in [1.807, 2.05) is 18.2 Å². The average molecular weight is 215 g/mol. The zero-order valence-electron chi connectivity index (χ0n) is 9.36. The predicted octanol–water partition coefficient (Wildman–Crippen LogP) is 2.90. The van der Waals surface area contributed by atoms with Crippen molar-refractivity contribution in [2.24, 2.45) is 0 Å². The lowest BCUT2D eigenvalue weighted by Gasteiger charge is -2.09. The minimum absolute atomic E-state index is 0.684. The van der Waals surface area contributed by atoms with Crippen LogP contribution in [-0.4, -0.2) is 19.2 Å². The molecule has 0 saturated heterocycles. The van der Waals surface area contributed by atoms with Gasteiger partial charge in [-0.25, -0.2) is 0 Å². The second-order valence-corrected chi connectivity index (χ2v) is 3.33. The lowest BCUT2D eigenvalue weighted by molar-refractivity contribution is 0.356. The summed E-state index contributed by atoms with van der Waals surface area (Å²) in [6.07, 6.45) is 3.56. The number of rotatable bonds is 3. The van der Waals surface area contributed by atoms with Crippen molar-refractivity contribution in [2.75, 3.05) is 14.2 Å². The van der Waals surface area contributed by atoms with Gasteiger partial charge in [0.15, 0.2) is 11.5 Å². The van der Waals surface area contributed by atoms with Crippen molar-refractivity contribution >= 4 is 17.0 Å². The van der Waals surface area contributed by atoms with Crippen LogP contribution < -0.4 is 9.47 Å². The first kappa shape index (κ1) is 10.5. The Bertz CT molecular complexity index is 535. The standard InChI is InChI=1S/C13H13NO2/c1-4-9-5-6-14-11-8-13(16-3)12(15-2)7-10(9)11/h4-8H,1H2,2-3H3. The smallest absolute Gasteiger partial charge is 0.162 e. The van der Waals surface area contributed by atoms with E-state index >= 15 is 0 Å². The molecule has 0 amide bonds. The summed E-state index contributed by atoms with van der Waals surface area (Å²) in [6.45, 7) is 3.78. The summed E-state index contributed by atoms with van der Waals surface area (Å²) in [4.78, 5) is 4.29. The lowest BCUT2D eigenvalue weighted by Crippen LogP contribution is -1.92. The molecule has 2 rings (SSSR count). The topological polar surface area (TPSA) is 31.4 Å². The van der Waals surface area contributed by atoms with E-state index in [1.54, 1.807) is 26.5 Å². The van der Waals surface area contributed by atoms with Gasteiger partial charge in [0.1, 0.15) is 0 Å². The normalized spacial score (nSPS) is 10.1. The van der Waals surface area contributed by atoms with Crippen LogP contribution in [0.25, 0.3) is 17.0 Å². The summed E-state index contributed by atoms with van der Waals surface area (Å²) in [7, 11) is 3.23. The van der Waals surface area contributed by atoms with Crippen molar-refractivity contribution in [1.82, 2.24) is 4.98 Å². The van der Waals surface area contributed by atoms with Gasteiger partial charge in [0.05, 0.1) is 19.7 Å². The van der Waals surface area contributed by atoms with Crippen molar-refractivity contribution < 1.29 is 9.47 Å². The van der Waals surface area contributed by atoms with Gasteiger partial charge in [-0.3, -0.25) is 4.98 Å². The SMILES string of the molecule is C=Cc1ccnc2cc(OC)c(OC)cc12. The van der Waals surface area contributed by atoms with Crippen LogP contribution >= 0.6 is 0 Å². The Morgan fingerprint density at radius 1 is 1.19 bits per heavy atom. The van der Waals surface area contributed by atoms with Gasteiger partial charge in [0.2, 0.25) is 0 Å². The molecule has 16 heavy (non-hydrogen) atoms. The highest BCUT2D eigenvalue weighted by atomic mass is 16.5. The van der Waals surface area contributed by atoms with Crippen molar-refractivity contribution in [1.29, 1.82) is 0 Å². The molecule has 0 saturated carbocycles. The molecule has 82 valence electrons. The van der Waals surface area contributed by atoms with E-state index in [0.717, 1.165) is 16.5 Å². The van der Waals surface area contributed by atoms with Gasteiger partial charge >= 0.3 is 0 Å². The Morgan fingerprint density at radius 2 is 1.88 bits per heavy atom. The first-order valence-electron chi connectivity index (χ1n) is 4.93.